The highest BCUT2D eigenvalue weighted by Crippen LogP contribution is 2.10. The third kappa shape index (κ3) is 3.23. The third-order valence-electron chi connectivity index (χ3n) is 1.97. The average molecular weight is 191 g/mol. The standard InChI is InChI=1S/C11H17N3/c1-3-5-6-10(12-7-4-2)11-13-8-9-14-11/h8-10,12H,4,6-7H2,1-2H3,(H,13,14). The van der Waals surface area contributed by atoms with Crippen molar-refractivity contribution < 1.29 is 0 Å². The van der Waals surface area contributed by atoms with Gasteiger partial charge < -0.3 is 10.3 Å². The van der Waals surface area contributed by atoms with E-state index >= 15 is 0 Å². The van der Waals surface area contributed by atoms with E-state index in [0.717, 1.165) is 25.2 Å². The molecule has 0 spiro atoms. The summed E-state index contributed by atoms with van der Waals surface area (Å²) in [7, 11) is 0. The molecular weight excluding hydrogens is 174 g/mol. The van der Waals surface area contributed by atoms with Gasteiger partial charge in [-0.25, -0.2) is 4.98 Å². The number of H-pyrrole nitrogens is 1. The van der Waals surface area contributed by atoms with Crippen molar-refractivity contribution in [1.29, 1.82) is 0 Å². The highest BCUT2D eigenvalue weighted by Gasteiger charge is 2.10. The minimum Gasteiger partial charge on any atom is -0.347 e. The van der Waals surface area contributed by atoms with E-state index in [2.05, 4.69) is 34.0 Å². The maximum absolute atomic E-state index is 4.24. The molecule has 1 unspecified atom stereocenters. The van der Waals surface area contributed by atoms with Crippen molar-refractivity contribution in [2.24, 2.45) is 0 Å². The predicted molar refractivity (Wildman–Crippen MR) is 57.7 cm³/mol. The van der Waals surface area contributed by atoms with Gasteiger partial charge in [0.25, 0.3) is 0 Å². The molecule has 1 aromatic rings. The molecule has 14 heavy (non-hydrogen) atoms. The quantitative estimate of drug-likeness (QED) is 0.697. The lowest BCUT2D eigenvalue weighted by Crippen LogP contribution is -2.22. The third-order valence-corrected chi connectivity index (χ3v) is 1.97. The number of hydrogen-bond donors (Lipinski definition) is 2. The molecule has 0 aromatic carbocycles. The molecule has 1 heterocycles. The first kappa shape index (κ1) is 10.8. The minimum atomic E-state index is 0.234. The monoisotopic (exact) mass is 191 g/mol. The van der Waals surface area contributed by atoms with Crippen LogP contribution in [0.2, 0.25) is 0 Å². The Labute approximate surface area is 85.3 Å². The molecule has 76 valence electrons. The van der Waals surface area contributed by atoms with Crippen LogP contribution in [0.4, 0.5) is 0 Å². The molecule has 0 bridgehead atoms. The average Bonchev–Trinajstić information content (AvgIpc) is 2.71. The van der Waals surface area contributed by atoms with Gasteiger partial charge in [0.15, 0.2) is 0 Å². The Kier molecular flexibility index (Phi) is 4.81. The summed E-state index contributed by atoms with van der Waals surface area (Å²) in [4.78, 5) is 7.35. The van der Waals surface area contributed by atoms with Crippen molar-refractivity contribution in [3.05, 3.63) is 18.2 Å². The van der Waals surface area contributed by atoms with Crippen LogP contribution in [-0.2, 0) is 0 Å². The van der Waals surface area contributed by atoms with Crippen molar-refractivity contribution in [1.82, 2.24) is 15.3 Å². The Balaban J connectivity index is 2.55. The molecule has 0 aliphatic heterocycles. The molecule has 0 saturated heterocycles. The van der Waals surface area contributed by atoms with Crippen molar-refractivity contribution in [2.75, 3.05) is 6.54 Å². The highest BCUT2D eigenvalue weighted by molar-refractivity contribution is 5.04. The fraction of sp³-hybridized carbons (Fsp3) is 0.545. The molecule has 3 heteroatoms. The zero-order valence-corrected chi connectivity index (χ0v) is 8.80. The zero-order chi connectivity index (χ0) is 10.2. The summed E-state index contributed by atoms with van der Waals surface area (Å²) in [5.74, 6) is 6.95. The van der Waals surface area contributed by atoms with Gasteiger partial charge in [-0.1, -0.05) is 6.92 Å². The maximum atomic E-state index is 4.24. The smallest absolute Gasteiger partial charge is 0.124 e. The number of nitrogens with one attached hydrogen (secondary N) is 2. The first-order valence-electron chi connectivity index (χ1n) is 5.00. The highest BCUT2D eigenvalue weighted by atomic mass is 15.0. The molecule has 0 radical (unpaired) electrons. The van der Waals surface area contributed by atoms with E-state index < -0.39 is 0 Å². The van der Waals surface area contributed by atoms with E-state index in [0.29, 0.717) is 0 Å². The van der Waals surface area contributed by atoms with Crippen LogP contribution in [0, 0.1) is 11.8 Å². The Bertz CT molecular complexity index is 292. The van der Waals surface area contributed by atoms with Gasteiger partial charge >= 0.3 is 0 Å². The summed E-state index contributed by atoms with van der Waals surface area (Å²) in [6.45, 7) is 5.01. The van der Waals surface area contributed by atoms with Crippen LogP contribution in [0.5, 0.6) is 0 Å². The minimum absolute atomic E-state index is 0.234. The van der Waals surface area contributed by atoms with Crippen LogP contribution in [0.15, 0.2) is 12.4 Å². The van der Waals surface area contributed by atoms with Gasteiger partial charge in [0.2, 0.25) is 0 Å². The Morgan fingerprint density at radius 3 is 3.07 bits per heavy atom. The molecule has 0 saturated carbocycles. The van der Waals surface area contributed by atoms with Crippen molar-refractivity contribution >= 4 is 0 Å². The topological polar surface area (TPSA) is 40.7 Å². The second kappa shape index (κ2) is 6.22. The van der Waals surface area contributed by atoms with Crippen LogP contribution in [0.3, 0.4) is 0 Å². The summed E-state index contributed by atoms with van der Waals surface area (Å²) in [5.41, 5.74) is 0. The number of nitrogens with zero attached hydrogens (tertiary/aromatic N) is 1. The lowest BCUT2D eigenvalue weighted by atomic mass is 10.2. The number of rotatable bonds is 5. The molecule has 1 rings (SSSR count). The van der Waals surface area contributed by atoms with Gasteiger partial charge in [0.05, 0.1) is 6.04 Å². The Hall–Kier alpha value is -1.27. The summed E-state index contributed by atoms with van der Waals surface area (Å²) in [5, 5.41) is 3.41. The maximum Gasteiger partial charge on any atom is 0.124 e. The van der Waals surface area contributed by atoms with Crippen molar-refractivity contribution in [3.8, 4) is 11.8 Å². The summed E-state index contributed by atoms with van der Waals surface area (Å²) in [6, 6.07) is 0.234. The van der Waals surface area contributed by atoms with Crippen molar-refractivity contribution in [2.45, 2.75) is 32.7 Å². The SMILES string of the molecule is CC#CCC(NCCC)c1ncc[nH]1. The van der Waals surface area contributed by atoms with E-state index in [1.807, 2.05) is 13.1 Å². The molecule has 0 aliphatic rings. The van der Waals surface area contributed by atoms with Crippen LogP contribution in [0.25, 0.3) is 0 Å². The van der Waals surface area contributed by atoms with Crippen LogP contribution < -0.4 is 5.32 Å². The Morgan fingerprint density at radius 1 is 1.64 bits per heavy atom. The number of imidazole rings is 1. The fourth-order valence-corrected chi connectivity index (χ4v) is 1.26. The first-order chi connectivity index (χ1) is 6.88. The van der Waals surface area contributed by atoms with Gasteiger partial charge in [-0.2, -0.15) is 0 Å². The molecule has 3 nitrogen and oxygen atoms in total. The summed E-state index contributed by atoms with van der Waals surface area (Å²) < 4.78 is 0. The van der Waals surface area contributed by atoms with E-state index in [1.165, 1.54) is 0 Å². The molecule has 1 aromatic heterocycles. The van der Waals surface area contributed by atoms with Gasteiger partial charge in [-0.05, 0) is 19.9 Å². The van der Waals surface area contributed by atoms with Gasteiger partial charge in [-0.3, -0.25) is 0 Å². The second-order valence-electron chi connectivity index (χ2n) is 3.11. The molecule has 0 fully saturated rings. The molecule has 2 N–H and O–H groups in total. The second-order valence-corrected chi connectivity index (χ2v) is 3.11. The fourth-order valence-electron chi connectivity index (χ4n) is 1.26. The number of hydrogen-bond acceptors (Lipinski definition) is 2. The van der Waals surface area contributed by atoms with Crippen molar-refractivity contribution in [3.63, 3.8) is 0 Å². The zero-order valence-electron chi connectivity index (χ0n) is 8.80. The summed E-state index contributed by atoms with van der Waals surface area (Å²) in [6.07, 6.45) is 5.55. The molecule has 0 aliphatic carbocycles. The number of aromatic amines is 1. The molecule has 1 atom stereocenters. The lowest BCUT2D eigenvalue weighted by Gasteiger charge is -2.12. The van der Waals surface area contributed by atoms with Crippen LogP contribution in [-0.4, -0.2) is 16.5 Å². The van der Waals surface area contributed by atoms with Crippen LogP contribution >= 0.6 is 0 Å². The summed E-state index contributed by atoms with van der Waals surface area (Å²) >= 11 is 0. The van der Waals surface area contributed by atoms with E-state index in [4.69, 9.17) is 0 Å². The Morgan fingerprint density at radius 2 is 2.50 bits per heavy atom. The first-order valence-corrected chi connectivity index (χ1v) is 5.00. The molecular formula is C11H17N3. The lowest BCUT2D eigenvalue weighted by molar-refractivity contribution is 0.521. The van der Waals surface area contributed by atoms with Gasteiger partial charge in [-0.15, -0.1) is 11.8 Å². The van der Waals surface area contributed by atoms with Gasteiger partial charge in [0.1, 0.15) is 5.82 Å². The predicted octanol–water partition coefficient (Wildman–Crippen LogP) is 1.86. The van der Waals surface area contributed by atoms with Gasteiger partial charge in [0, 0.05) is 18.8 Å². The number of aromatic nitrogens is 2. The molecule has 0 amide bonds. The van der Waals surface area contributed by atoms with E-state index in [-0.39, 0.29) is 6.04 Å². The van der Waals surface area contributed by atoms with E-state index in [9.17, 15) is 0 Å². The normalized spacial score (nSPS) is 11.9. The van der Waals surface area contributed by atoms with E-state index in [1.54, 1.807) is 6.20 Å². The largest absolute Gasteiger partial charge is 0.347 e. The van der Waals surface area contributed by atoms with Crippen LogP contribution in [0.1, 0.15) is 38.6 Å².